The lowest BCUT2D eigenvalue weighted by molar-refractivity contribution is 0.297. The first kappa shape index (κ1) is 20.6. The first-order chi connectivity index (χ1) is 14.7. The number of nitrogens with two attached hydrogens (primary N) is 1. The molecule has 0 bridgehead atoms. The minimum absolute atomic E-state index is 0.181. The van der Waals surface area contributed by atoms with E-state index in [1.54, 1.807) is 0 Å². The molecule has 1 fully saturated rings. The van der Waals surface area contributed by atoms with Crippen molar-refractivity contribution in [3.63, 3.8) is 0 Å². The third-order valence-electron chi connectivity index (χ3n) is 5.81. The lowest BCUT2D eigenvalue weighted by Gasteiger charge is -2.27. The van der Waals surface area contributed by atoms with Gasteiger partial charge >= 0.3 is 0 Å². The van der Waals surface area contributed by atoms with Gasteiger partial charge < -0.3 is 5.73 Å². The fourth-order valence-electron chi connectivity index (χ4n) is 4.17. The van der Waals surface area contributed by atoms with E-state index in [2.05, 4.69) is 56.5 Å². The zero-order chi connectivity index (χ0) is 20.9. The minimum atomic E-state index is 0.181. The molecule has 0 saturated carbocycles. The van der Waals surface area contributed by atoms with Crippen molar-refractivity contribution in [1.82, 2.24) is 14.5 Å². The van der Waals surface area contributed by atoms with Gasteiger partial charge in [0, 0.05) is 18.7 Å². The summed E-state index contributed by atoms with van der Waals surface area (Å²) in [6, 6.07) is 21.2. The molecular weight excluding hydrogens is 389 g/mol. The number of hydrogen-bond acceptors (Lipinski definition) is 4. The summed E-state index contributed by atoms with van der Waals surface area (Å²) in [6.07, 6.45) is 5.50. The summed E-state index contributed by atoms with van der Waals surface area (Å²) in [7, 11) is 2.81. The first-order valence-corrected chi connectivity index (χ1v) is 11.1. The molecule has 30 heavy (non-hydrogen) atoms. The summed E-state index contributed by atoms with van der Waals surface area (Å²) in [4.78, 5) is 0. The van der Waals surface area contributed by atoms with Gasteiger partial charge in [0.15, 0.2) is 0 Å². The molecule has 1 saturated heterocycles. The SMILES string of the molecule is N#Cc1c(-c2ccc(Cc3ccccc3)cc2)nn(C2CCCCCN(P)C2)c1N. The Morgan fingerprint density at radius 1 is 1.03 bits per heavy atom. The predicted molar refractivity (Wildman–Crippen MR) is 125 cm³/mol. The Kier molecular flexibility index (Phi) is 6.47. The lowest BCUT2D eigenvalue weighted by atomic mass is 10.0. The quantitative estimate of drug-likeness (QED) is 0.619. The smallest absolute Gasteiger partial charge is 0.140 e. The normalized spacial score (nSPS) is 17.8. The molecule has 4 rings (SSSR count). The molecular formula is C24H28N5P. The van der Waals surface area contributed by atoms with Crippen LogP contribution in [0.15, 0.2) is 54.6 Å². The van der Waals surface area contributed by atoms with Crippen LogP contribution in [0, 0.1) is 11.3 Å². The zero-order valence-corrected chi connectivity index (χ0v) is 18.3. The van der Waals surface area contributed by atoms with Gasteiger partial charge in [0.05, 0.1) is 6.04 Å². The Hall–Kier alpha value is -2.67. The molecule has 2 atom stereocenters. The summed E-state index contributed by atoms with van der Waals surface area (Å²) in [6.45, 7) is 1.93. The molecule has 2 N–H and O–H groups in total. The van der Waals surface area contributed by atoms with Gasteiger partial charge in [-0.1, -0.05) is 76.8 Å². The molecule has 154 valence electrons. The molecule has 5 nitrogen and oxygen atoms in total. The number of anilines is 1. The van der Waals surface area contributed by atoms with Crippen LogP contribution in [0.4, 0.5) is 5.82 Å². The molecule has 2 unspecified atom stereocenters. The first-order valence-electron chi connectivity index (χ1n) is 10.6. The average molecular weight is 417 g/mol. The molecule has 6 heteroatoms. The van der Waals surface area contributed by atoms with Crippen LogP contribution in [0.3, 0.4) is 0 Å². The maximum Gasteiger partial charge on any atom is 0.140 e. The monoisotopic (exact) mass is 417 g/mol. The molecule has 0 spiro atoms. The number of nitrogen functional groups attached to an aromatic ring is 1. The van der Waals surface area contributed by atoms with Crippen LogP contribution in [-0.4, -0.2) is 27.5 Å². The van der Waals surface area contributed by atoms with Crippen molar-refractivity contribution >= 4 is 15.2 Å². The van der Waals surface area contributed by atoms with E-state index in [-0.39, 0.29) is 6.04 Å². The van der Waals surface area contributed by atoms with E-state index in [9.17, 15) is 5.26 Å². The number of benzene rings is 2. The number of nitrogens with zero attached hydrogens (tertiary/aromatic N) is 4. The second kappa shape index (κ2) is 9.43. The molecule has 0 aliphatic carbocycles. The molecule has 2 heterocycles. The van der Waals surface area contributed by atoms with Crippen LogP contribution in [-0.2, 0) is 6.42 Å². The maximum absolute atomic E-state index is 9.78. The van der Waals surface area contributed by atoms with Crippen LogP contribution in [0.1, 0.15) is 48.4 Å². The van der Waals surface area contributed by atoms with Crippen LogP contribution < -0.4 is 5.73 Å². The van der Waals surface area contributed by atoms with E-state index >= 15 is 0 Å². The highest BCUT2D eigenvalue weighted by molar-refractivity contribution is 7.13. The topological polar surface area (TPSA) is 70.9 Å². The van der Waals surface area contributed by atoms with Gasteiger partial charge in [0.1, 0.15) is 23.1 Å². The van der Waals surface area contributed by atoms with Gasteiger partial charge in [-0.05, 0) is 30.4 Å². The van der Waals surface area contributed by atoms with E-state index in [0.29, 0.717) is 17.1 Å². The molecule has 3 aromatic rings. The van der Waals surface area contributed by atoms with Gasteiger partial charge in [-0.2, -0.15) is 10.4 Å². The van der Waals surface area contributed by atoms with Crippen LogP contribution in [0.2, 0.25) is 0 Å². The fraction of sp³-hybridized carbons (Fsp3) is 0.333. The molecule has 1 aromatic heterocycles. The van der Waals surface area contributed by atoms with Crippen molar-refractivity contribution < 1.29 is 0 Å². The Bertz CT molecular complexity index is 1020. The van der Waals surface area contributed by atoms with Crippen molar-refractivity contribution in [2.24, 2.45) is 0 Å². The van der Waals surface area contributed by atoms with Crippen molar-refractivity contribution in [2.45, 2.75) is 38.1 Å². The van der Waals surface area contributed by atoms with Crippen molar-refractivity contribution in [1.29, 1.82) is 5.26 Å². The Morgan fingerprint density at radius 2 is 1.77 bits per heavy atom. The summed E-state index contributed by atoms with van der Waals surface area (Å²) >= 11 is 0. The van der Waals surface area contributed by atoms with Gasteiger partial charge in [0.2, 0.25) is 0 Å². The highest BCUT2D eigenvalue weighted by Crippen LogP contribution is 2.32. The zero-order valence-electron chi connectivity index (χ0n) is 17.2. The summed E-state index contributed by atoms with van der Waals surface area (Å²) in [5.41, 5.74) is 11.0. The second-order valence-corrected chi connectivity index (χ2v) is 8.75. The summed E-state index contributed by atoms with van der Waals surface area (Å²) in [5, 5.41) is 14.6. The highest BCUT2D eigenvalue weighted by Gasteiger charge is 2.24. The van der Waals surface area contributed by atoms with E-state index in [1.165, 1.54) is 24.0 Å². The average Bonchev–Trinajstić information content (AvgIpc) is 3.08. The van der Waals surface area contributed by atoms with E-state index in [4.69, 9.17) is 10.8 Å². The van der Waals surface area contributed by atoms with Crippen LogP contribution >= 0.6 is 9.39 Å². The molecule has 2 aromatic carbocycles. The van der Waals surface area contributed by atoms with Crippen molar-refractivity contribution in [3.8, 4) is 17.3 Å². The van der Waals surface area contributed by atoms with Gasteiger partial charge in [-0.3, -0.25) is 4.67 Å². The Balaban J connectivity index is 1.61. The van der Waals surface area contributed by atoms with E-state index in [1.807, 2.05) is 22.9 Å². The standard InChI is InChI=1S/C24H28N5P/c25-16-22-23(20-12-10-19(11-13-20)15-18-7-3-1-4-8-18)27-29(24(22)26)21-9-5-2-6-14-28(30)17-21/h1,3-4,7-8,10-13,21H,2,5-6,9,14-15,17,26,30H2. The van der Waals surface area contributed by atoms with Gasteiger partial charge in [-0.25, -0.2) is 4.68 Å². The van der Waals surface area contributed by atoms with Crippen LogP contribution in [0.25, 0.3) is 11.3 Å². The molecule has 0 amide bonds. The molecule has 0 radical (unpaired) electrons. The Labute approximate surface area is 180 Å². The van der Waals surface area contributed by atoms with Gasteiger partial charge in [-0.15, -0.1) is 0 Å². The molecule has 1 aliphatic rings. The summed E-state index contributed by atoms with van der Waals surface area (Å²) in [5.74, 6) is 0.477. The summed E-state index contributed by atoms with van der Waals surface area (Å²) < 4.78 is 4.14. The largest absolute Gasteiger partial charge is 0.383 e. The number of nitriles is 1. The van der Waals surface area contributed by atoms with E-state index < -0.39 is 0 Å². The van der Waals surface area contributed by atoms with Gasteiger partial charge in [0.25, 0.3) is 0 Å². The number of aromatic nitrogens is 2. The fourth-order valence-corrected chi connectivity index (χ4v) is 4.60. The van der Waals surface area contributed by atoms with Crippen molar-refractivity contribution in [2.75, 3.05) is 18.8 Å². The number of hydrogen-bond donors (Lipinski definition) is 1. The predicted octanol–water partition coefficient (Wildman–Crippen LogP) is 4.80. The minimum Gasteiger partial charge on any atom is -0.383 e. The number of rotatable bonds is 4. The lowest BCUT2D eigenvalue weighted by Crippen LogP contribution is -2.27. The molecule has 1 aliphatic heterocycles. The second-order valence-electron chi connectivity index (χ2n) is 8.02. The Morgan fingerprint density at radius 3 is 2.50 bits per heavy atom. The van der Waals surface area contributed by atoms with Crippen LogP contribution in [0.5, 0.6) is 0 Å². The third-order valence-corrected chi connectivity index (χ3v) is 6.28. The maximum atomic E-state index is 9.78. The highest BCUT2D eigenvalue weighted by atomic mass is 31.0. The third kappa shape index (κ3) is 4.56. The van der Waals surface area contributed by atoms with Crippen molar-refractivity contribution in [3.05, 3.63) is 71.3 Å². The van der Waals surface area contributed by atoms with E-state index in [0.717, 1.165) is 37.9 Å².